The third kappa shape index (κ3) is 6.81. The molecular formula is C11H22N2O2S. The van der Waals surface area contributed by atoms with Gasteiger partial charge in [-0.3, -0.25) is 4.90 Å². The Kier molecular flexibility index (Phi) is 7.35. The van der Waals surface area contributed by atoms with Crippen LogP contribution in [-0.2, 0) is 9.84 Å². The van der Waals surface area contributed by atoms with E-state index in [0.29, 0.717) is 25.9 Å². The quantitative estimate of drug-likeness (QED) is 0.650. The van der Waals surface area contributed by atoms with Crippen LogP contribution < -0.4 is 0 Å². The van der Waals surface area contributed by atoms with Crippen LogP contribution in [0.25, 0.3) is 0 Å². The highest BCUT2D eigenvalue weighted by Crippen LogP contribution is 2.02. The van der Waals surface area contributed by atoms with Gasteiger partial charge in [-0.2, -0.15) is 5.26 Å². The van der Waals surface area contributed by atoms with E-state index in [4.69, 9.17) is 5.26 Å². The fourth-order valence-electron chi connectivity index (χ4n) is 1.49. The van der Waals surface area contributed by atoms with Gasteiger partial charge in [-0.05, 0) is 20.3 Å². The van der Waals surface area contributed by atoms with Gasteiger partial charge in [0, 0.05) is 31.3 Å². The molecule has 0 N–H and O–H groups in total. The molecule has 0 fully saturated rings. The Morgan fingerprint density at radius 2 is 1.88 bits per heavy atom. The first-order valence-electron chi connectivity index (χ1n) is 5.74. The van der Waals surface area contributed by atoms with Crippen LogP contribution in [0.3, 0.4) is 0 Å². The van der Waals surface area contributed by atoms with Gasteiger partial charge in [0.2, 0.25) is 0 Å². The van der Waals surface area contributed by atoms with Gasteiger partial charge >= 0.3 is 0 Å². The Morgan fingerprint density at radius 3 is 2.31 bits per heavy atom. The van der Waals surface area contributed by atoms with Crippen LogP contribution in [-0.4, -0.2) is 44.0 Å². The molecule has 0 amide bonds. The fourth-order valence-corrected chi connectivity index (χ4v) is 2.83. The summed E-state index contributed by atoms with van der Waals surface area (Å²) < 4.78 is 23.1. The molecule has 0 saturated heterocycles. The largest absolute Gasteiger partial charge is 0.299 e. The molecule has 94 valence electrons. The number of hydrogen-bond donors (Lipinski definition) is 0. The number of nitrogens with zero attached hydrogens (tertiary/aromatic N) is 2. The van der Waals surface area contributed by atoms with Gasteiger partial charge in [0.15, 0.2) is 9.84 Å². The molecule has 0 rings (SSSR count). The van der Waals surface area contributed by atoms with E-state index in [0.717, 1.165) is 0 Å². The molecule has 0 aliphatic heterocycles. The first-order valence-corrected chi connectivity index (χ1v) is 7.56. The van der Waals surface area contributed by atoms with Gasteiger partial charge in [-0.15, -0.1) is 0 Å². The maximum Gasteiger partial charge on any atom is 0.151 e. The van der Waals surface area contributed by atoms with E-state index in [-0.39, 0.29) is 17.5 Å². The molecule has 0 radical (unpaired) electrons. The highest BCUT2D eigenvalue weighted by atomic mass is 32.2. The lowest BCUT2D eigenvalue weighted by atomic mass is 10.3. The molecule has 0 atom stereocenters. The molecule has 0 spiro atoms. The fraction of sp³-hybridized carbons (Fsp3) is 0.909. The summed E-state index contributed by atoms with van der Waals surface area (Å²) in [5.74, 6) is 0.460. The van der Waals surface area contributed by atoms with Gasteiger partial charge < -0.3 is 0 Å². The zero-order chi connectivity index (χ0) is 12.6. The van der Waals surface area contributed by atoms with E-state index in [2.05, 4.69) is 6.07 Å². The molecular weight excluding hydrogens is 224 g/mol. The second-order valence-corrected chi connectivity index (χ2v) is 6.49. The smallest absolute Gasteiger partial charge is 0.151 e. The number of rotatable bonds is 8. The van der Waals surface area contributed by atoms with Gasteiger partial charge in [0.25, 0.3) is 0 Å². The van der Waals surface area contributed by atoms with E-state index in [1.54, 1.807) is 0 Å². The molecule has 0 bridgehead atoms. The van der Waals surface area contributed by atoms with E-state index < -0.39 is 9.84 Å². The summed E-state index contributed by atoms with van der Waals surface area (Å²) in [6.45, 7) is 7.08. The van der Waals surface area contributed by atoms with Crippen molar-refractivity contribution in [2.45, 2.75) is 39.7 Å². The Balaban J connectivity index is 4.17. The lowest BCUT2D eigenvalue weighted by Gasteiger charge is -2.25. The number of sulfone groups is 1. The third-order valence-corrected chi connectivity index (χ3v) is 4.28. The van der Waals surface area contributed by atoms with Crippen LogP contribution in [0.1, 0.15) is 33.6 Å². The summed E-state index contributed by atoms with van der Waals surface area (Å²) in [6.07, 6.45) is 1.12. The van der Waals surface area contributed by atoms with Gasteiger partial charge in [-0.25, -0.2) is 8.42 Å². The van der Waals surface area contributed by atoms with Crippen molar-refractivity contribution in [2.75, 3.05) is 24.6 Å². The van der Waals surface area contributed by atoms with E-state index in [1.807, 2.05) is 25.7 Å². The van der Waals surface area contributed by atoms with E-state index in [1.165, 1.54) is 0 Å². The molecule has 4 nitrogen and oxygen atoms in total. The summed E-state index contributed by atoms with van der Waals surface area (Å²) >= 11 is 0. The standard InChI is InChI=1S/C11H22N2O2S/c1-4-9-16(14,15)10-8-13(11(2)3)7-5-6-12/h11H,4-5,7-10H2,1-3H3. The zero-order valence-corrected chi connectivity index (χ0v) is 11.3. The first-order chi connectivity index (χ1) is 7.43. The van der Waals surface area contributed by atoms with Gasteiger partial charge in [0.1, 0.15) is 0 Å². The van der Waals surface area contributed by atoms with E-state index in [9.17, 15) is 8.42 Å². The van der Waals surface area contributed by atoms with E-state index >= 15 is 0 Å². The predicted molar refractivity (Wildman–Crippen MR) is 65.9 cm³/mol. The summed E-state index contributed by atoms with van der Waals surface area (Å²) in [5, 5.41) is 8.51. The molecule has 0 unspecified atom stereocenters. The maximum absolute atomic E-state index is 11.5. The molecule has 0 aromatic rings. The molecule has 0 aliphatic rings. The van der Waals surface area contributed by atoms with Crippen molar-refractivity contribution in [1.82, 2.24) is 4.90 Å². The van der Waals surface area contributed by atoms with Crippen LogP contribution in [0.15, 0.2) is 0 Å². The molecule has 0 aliphatic carbocycles. The average molecular weight is 246 g/mol. The lowest BCUT2D eigenvalue weighted by Crippen LogP contribution is -2.36. The van der Waals surface area contributed by atoms with Gasteiger partial charge in [0.05, 0.1) is 11.8 Å². The van der Waals surface area contributed by atoms with Crippen molar-refractivity contribution in [3.05, 3.63) is 0 Å². The minimum Gasteiger partial charge on any atom is -0.299 e. The molecule has 16 heavy (non-hydrogen) atoms. The van der Waals surface area contributed by atoms with Crippen molar-refractivity contribution < 1.29 is 8.42 Å². The molecule has 0 aromatic carbocycles. The topological polar surface area (TPSA) is 61.2 Å². The summed E-state index contributed by atoms with van der Waals surface area (Å²) in [5.41, 5.74) is 0. The summed E-state index contributed by atoms with van der Waals surface area (Å²) in [4.78, 5) is 2.04. The first kappa shape index (κ1) is 15.4. The SMILES string of the molecule is CCCS(=O)(=O)CCN(CCC#N)C(C)C. The van der Waals surface area contributed by atoms with Crippen molar-refractivity contribution in [1.29, 1.82) is 5.26 Å². The Morgan fingerprint density at radius 1 is 1.25 bits per heavy atom. The van der Waals surface area contributed by atoms with Crippen LogP contribution >= 0.6 is 0 Å². The Bertz CT molecular complexity index is 317. The normalized spacial score (nSPS) is 12.0. The second kappa shape index (κ2) is 7.64. The molecule has 0 saturated carbocycles. The number of nitriles is 1. The van der Waals surface area contributed by atoms with Gasteiger partial charge in [-0.1, -0.05) is 6.92 Å². The third-order valence-electron chi connectivity index (χ3n) is 2.45. The van der Waals surface area contributed by atoms with Crippen molar-refractivity contribution in [3.8, 4) is 6.07 Å². The monoisotopic (exact) mass is 246 g/mol. The van der Waals surface area contributed by atoms with Crippen LogP contribution in [0, 0.1) is 11.3 Å². The Hall–Kier alpha value is -0.600. The number of hydrogen-bond acceptors (Lipinski definition) is 4. The minimum atomic E-state index is -2.91. The second-order valence-electron chi connectivity index (χ2n) is 4.19. The van der Waals surface area contributed by atoms with Crippen LogP contribution in [0.5, 0.6) is 0 Å². The highest BCUT2D eigenvalue weighted by molar-refractivity contribution is 7.91. The van der Waals surface area contributed by atoms with Crippen molar-refractivity contribution in [3.63, 3.8) is 0 Å². The zero-order valence-electron chi connectivity index (χ0n) is 10.4. The predicted octanol–water partition coefficient (Wildman–Crippen LogP) is 1.44. The maximum atomic E-state index is 11.5. The Labute approximate surface area is 99.2 Å². The lowest BCUT2D eigenvalue weighted by molar-refractivity contribution is 0.240. The summed E-state index contributed by atoms with van der Waals surface area (Å²) in [6, 6.07) is 2.37. The summed E-state index contributed by atoms with van der Waals surface area (Å²) in [7, 11) is -2.91. The van der Waals surface area contributed by atoms with Crippen molar-refractivity contribution in [2.24, 2.45) is 0 Å². The van der Waals surface area contributed by atoms with Crippen molar-refractivity contribution >= 4 is 9.84 Å². The minimum absolute atomic E-state index is 0.199. The highest BCUT2D eigenvalue weighted by Gasteiger charge is 2.14. The molecule has 0 aromatic heterocycles. The van der Waals surface area contributed by atoms with Crippen LogP contribution in [0.2, 0.25) is 0 Å². The molecule has 0 heterocycles. The average Bonchev–Trinajstić information content (AvgIpc) is 2.17. The van der Waals surface area contributed by atoms with Crippen LogP contribution in [0.4, 0.5) is 0 Å². The molecule has 5 heteroatoms.